The SMILES string of the molecule is O=C(O)Cc1ccc(S(=O)(=O)Nc2ccc3sncc3c2)cc1. The maximum atomic E-state index is 12.4. The van der Waals surface area contributed by atoms with Crippen LogP contribution in [0.15, 0.2) is 53.6 Å². The number of benzene rings is 2. The highest BCUT2D eigenvalue weighted by molar-refractivity contribution is 7.92. The quantitative estimate of drug-likeness (QED) is 0.739. The standard InChI is InChI=1S/C15H12N2O4S2/c18-15(19)7-10-1-4-13(5-2-10)23(20,21)17-12-3-6-14-11(8-12)9-16-22-14/h1-6,8-9,17H,7H2,(H,18,19). The Morgan fingerprint density at radius 2 is 1.91 bits per heavy atom. The van der Waals surface area contributed by atoms with Crippen LogP contribution in [0.1, 0.15) is 5.56 Å². The van der Waals surface area contributed by atoms with Gasteiger partial charge in [0, 0.05) is 17.3 Å². The molecule has 0 bridgehead atoms. The molecule has 0 saturated heterocycles. The zero-order chi connectivity index (χ0) is 16.4. The van der Waals surface area contributed by atoms with Crippen molar-refractivity contribution in [2.24, 2.45) is 0 Å². The normalized spacial score (nSPS) is 11.5. The van der Waals surface area contributed by atoms with Crippen LogP contribution in [-0.2, 0) is 21.2 Å². The molecule has 1 aromatic heterocycles. The Hall–Kier alpha value is -2.45. The van der Waals surface area contributed by atoms with Crippen molar-refractivity contribution in [2.45, 2.75) is 11.3 Å². The lowest BCUT2D eigenvalue weighted by molar-refractivity contribution is -0.136. The van der Waals surface area contributed by atoms with Gasteiger partial charge in [-0.05, 0) is 47.4 Å². The molecule has 6 nitrogen and oxygen atoms in total. The molecule has 2 N–H and O–H groups in total. The van der Waals surface area contributed by atoms with Crippen molar-refractivity contribution in [2.75, 3.05) is 4.72 Å². The predicted octanol–water partition coefficient (Wildman–Crippen LogP) is 2.72. The van der Waals surface area contributed by atoms with Crippen molar-refractivity contribution in [3.63, 3.8) is 0 Å². The van der Waals surface area contributed by atoms with E-state index in [1.165, 1.54) is 35.8 Å². The second-order valence-corrected chi connectivity index (χ2v) is 7.41. The van der Waals surface area contributed by atoms with Crippen LogP contribution in [0.5, 0.6) is 0 Å². The summed E-state index contributed by atoms with van der Waals surface area (Å²) in [5.41, 5.74) is 0.995. The van der Waals surface area contributed by atoms with Gasteiger partial charge in [-0.1, -0.05) is 12.1 Å². The van der Waals surface area contributed by atoms with E-state index in [4.69, 9.17) is 5.11 Å². The third-order valence-corrected chi connectivity index (χ3v) is 5.37. The molecule has 8 heteroatoms. The average Bonchev–Trinajstić information content (AvgIpc) is 2.94. The van der Waals surface area contributed by atoms with Crippen LogP contribution >= 0.6 is 11.5 Å². The first kappa shape index (κ1) is 15.4. The highest BCUT2D eigenvalue weighted by Crippen LogP contribution is 2.24. The lowest BCUT2D eigenvalue weighted by Crippen LogP contribution is -2.13. The number of sulfonamides is 1. The maximum absolute atomic E-state index is 12.4. The molecular formula is C15H12N2O4S2. The minimum atomic E-state index is -3.72. The predicted molar refractivity (Wildman–Crippen MR) is 88.2 cm³/mol. The molecule has 0 aliphatic carbocycles. The van der Waals surface area contributed by atoms with Crippen LogP contribution in [0.3, 0.4) is 0 Å². The third kappa shape index (κ3) is 3.49. The van der Waals surface area contributed by atoms with Gasteiger partial charge in [0.2, 0.25) is 0 Å². The Kier molecular flexibility index (Phi) is 4.01. The Morgan fingerprint density at radius 1 is 1.17 bits per heavy atom. The van der Waals surface area contributed by atoms with Gasteiger partial charge in [-0.3, -0.25) is 9.52 Å². The molecule has 118 valence electrons. The Bertz CT molecular complexity index is 963. The average molecular weight is 348 g/mol. The molecular weight excluding hydrogens is 336 g/mol. The Labute approximate surface area is 136 Å². The molecule has 0 unspecified atom stereocenters. The molecule has 0 amide bonds. The Balaban J connectivity index is 1.84. The molecule has 0 aliphatic heterocycles. The number of anilines is 1. The lowest BCUT2D eigenvalue weighted by Gasteiger charge is -2.08. The van der Waals surface area contributed by atoms with E-state index >= 15 is 0 Å². The number of nitrogens with one attached hydrogen (secondary N) is 1. The largest absolute Gasteiger partial charge is 0.481 e. The van der Waals surface area contributed by atoms with E-state index in [1.54, 1.807) is 24.4 Å². The van der Waals surface area contributed by atoms with E-state index in [-0.39, 0.29) is 11.3 Å². The molecule has 1 heterocycles. The van der Waals surface area contributed by atoms with Gasteiger partial charge in [0.25, 0.3) is 10.0 Å². The molecule has 2 aromatic carbocycles. The smallest absolute Gasteiger partial charge is 0.307 e. The van der Waals surface area contributed by atoms with Crippen LogP contribution in [0.2, 0.25) is 0 Å². The van der Waals surface area contributed by atoms with Gasteiger partial charge < -0.3 is 5.11 Å². The van der Waals surface area contributed by atoms with E-state index in [1.807, 2.05) is 0 Å². The van der Waals surface area contributed by atoms with E-state index in [0.29, 0.717) is 11.3 Å². The van der Waals surface area contributed by atoms with Crippen molar-refractivity contribution in [1.29, 1.82) is 0 Å². The number of hydrogen-bond acceptors (Lipinski definition) is 5. The van der Waals surface area contributed by atoms with E-state index in [0.717, 1.165) is 10.1 Å². The fraction of sp³-hybridized carbons (Fsp3) is 0.0667. The highest BCUT2D eigenvalue weighted by Gasteiger charge is 2.14. The number of carbonyl (C=O) groups is 1. The van der Waals surface area contributed by atoms with E-state index in [2.05, 4.69) is 9.10 Å². The first-order valence-corrected chi connectivity index (χ1v) is 8.88. The number of aliphatic carboxylic acids is 1. The van der Waals surface area contributed by atoms with Gasteiger partial charge >= 0.3 is 5.97 Å². The number of rotatable bonds is 5. The number of carboxylic acids is 1. The van der Waals surface area contributed by atoms with Gasteiger partial charge in [-0.25, -0.2) is 8.42 Å². The zero-order valence-electron chi connectivity index (χ0n) is 11.8. The monoisotopic (exact) mass is 348 g/mol. The van der Waals surface area contributed by atoms with Crippen LogP contribution < -0.4 is 4.72 Å². The molecule has 3 aromatic rings. The molecule has 0 radical (unpaired) electrons. The van der Waals surface area contributed by atoms with Gasteiger partial charge in [-0.2, -0.15) is 4.37 Å². The second-order valence-electron chi connectivity index (χ2n) is 4.90. The number of fused-ring (bicyclic) bond motifs is 1. The minimum Gasteiger partial charge on any atom is -0.481 e. The summed E-state index contributed by atoms with van der Waals surface area (Å²) in [6, 6.07) is 11.0. The van der Waals surface area contributed by atoms with E-state index < -0.39 is 16.0 Å². The fourth-order valence-electron chi connectivity index (χ4n) is 2.11. The molecule has 3 rings (SSSR count). The molecule has 23 heavy (non-hydrogen) atoms. The third-order valence-electron chi connectivity index (χ3n) is 3.19. The van der Waals surface area contributed by atoms with Crippen molar-refractivity contribution in [3.8, 4) is 0 Å². The summed E-state index contributed by atoms with van der Waals surface area (Å²) in [5.74, 6) is -0.962. The van der Waals surface area contributed by atoms with Crippen molar-refractivity contribution in [3.05, 3.63) is 54.2 Å². The zero-order valence-corrected chi connectivity index (χ0v) is 13.4. The number of hydrogen-bond donors (Lipinski definition) is 2. The molecule has 0 spiro atoms. The van der Waals surface area contributed by atoms with Crippen LogP contribution in [0.4, 0.5) is 5.69 Å². The lowest BCUT2D eigenvalue weighted by atomic mass is 10.2. The first-order valence-electron chi connectivity index (χ1n) is 6.62. The summed E-state index contributed by atoms with van der Waals surface area (Å²) in [4.78, 5) is 10.7. The highest BCUT2D eigenvalue weighted by atomic mass is 32.2. The minimum absolute atomic E-state index is 0.0789. The Morgan fingerprint density at radius 3 is 2.61 bits per heavy atom. The van der Waals surface area contributed by atoms with Crippen LogP contribution in [0.25, 0.3) is 10.1 Å². The summed E-state index contributed by atoms with van der Waals surface area (Å²) >= 11 is 1.34. The van der Waals surface area contributed by atoms with Gasteiger partial charge in [0.15, 0.2) is 0 Å². The van der Waals surface area contributed by atoms with Crippen LogP contribution in [-0.4, -0.2) is 23.9 Å². The second kappa shape index (κ2) is 5.98. The summed E-state index contributed by atoms with van der Waals surface area (Å²) in [6.45, 7) is 0. The van der Waals surface area contributed by atoms with Crippen molar-refractivity contribution in [1.82, 2.24) is 4.37 Å². The molecule has 0 aliphatic rings. The van der Waals surface area contributed by atoms with Crippen molar-refractivity contribution >= 4 is 43.3 Å². The van der Waals surface area contributed by atoms with Gasteiger partial charge in [-0.15, -0.1) is 0 Å². The number of nitrogens with zero attached hydrogens (tertiary/aromatic N) is 1. The maximum Gasteiger partial charge on any atom is 0.307 e. The molecule has 0 saturated carbocycles. The first-order chi connectivity index (χ1) is 10.9. The summed E-state index contributed by atoms with van der Waals surface area (Å²) < 4.78 is 32.3. The summed E-state index contributed by atoms with van der Waals surface area (Å²) in [5, 5.41) is 9.59. The topological polar surface area (TPSA) is 96.4 Å². The van der Waals surface area contributed by atoms with Gasteiger partial charge in [0.05, 0.1) is 16.0 Å². The summed E-state index contributed by atoms with van der Waals surface area (Å²) in [7, 11) is -3.72. The summed E-state index contributed by atoms with van der Waals surface area (Å²) in [6.07, 6.45) is 1.54. The number of carboxylic acid groups (broad SMARTS) is 1. The van der Waals surface area contributed by atoms with Crippen molar-refractivity contribution < 1.29 is 18.3 Å². The van der Waals surface area contributed by atoms with E-state index in [9.17, 15) is 13.2 Å². The van der Waals surface area contributed by atoms with Gasteiger partial charge in [0.1, 0.15) is 0 Å². The molecule has 0 atom stereocenters. The fourth-order valence-corrected chi connectivity index (χ4v) is 3.79. The molecule has 0 fully saturated rings. The van der Waals surface area contributed by atoms with Crippen LogP contribution in [0, 0.1) is 0 Å². The number of aromatic nitrogens is 1.